The number of aliphatic hydroxyl groups is 1. The normalized spacial score (nSPS) is 23.1. The molecule has 1 aliphatic rings. The topological polar surface area (TPSA) is 138 Å². The highest BCUT2D eigenvalue weighted by atomic mass is 16.6. The van der Waals surface area contributed by atoms with Gasteiger partial charge >= 0.3 is 0 Å². The van der Waals surface area contributed by atoms with E-state index in [0.29, 0.717) is 18.9 Å². The van der Waals surface area contributed by atoms with Gasteiger partial charge in [-0.15, -0.1) is 0 Å². The molecule has 2 unspecified atom stereocenters. The standard InChI is InChI=1S/C12H17N5O4/c1-7-2-3-16(6-10(7)18)12-9(11(13)15-19)4-8(5-14-12)17(20)21/h4-5,7,10,18-19H,2-3,6H2,1H3,(H2,13,15). The summed E-state index contributed by atoms with van der Waals surface area (Å²) in [5.74, 6) is 0.280. The van der Waals surface area contributed by atoms with E-state index in [1.165, 1.54) is 6.07 Å². The van der Waals surface area contributed by atoms with E-state index < -0.39 is 11.0 Å². The predicted molar refractivity (Wildman–Crippen MR) is 75.4 cm³/mol. The zero-order valence-corrected chi connectivity index (χ0v) is 11.5. The van der Waals surface area contributed by atoms with Gasteiger partial charge in [0.15, 0.2) is 5.84 Å². The molecular weight excluding hydrogens is 278 g/mol. The fourth-order valence-corrected chi connectivity index (χ4v) is 2.28. The number of aromatic nitrogens is 1. The van der Waals surface area contributed by atoms with Crippen LogP contribution in [0.15, 0.2) is 17.4 Å². The summed E-state index contributed by atoms with van der Waals surface area (Å²) in [4.78, 5) is 16.0. The molecule has 2 heterocycles. The van der Waals surface area contributed by atoms with Crippen LogP contribution in [-0.2, 0) is 0 Å². The molecule has 1 aliphatic heterocycles. The van der Waals surface area contributed by atoms with Crippen LogP contribution in [0.3, 0.4) is 0 Å². The van der Waals surface area contributed by atoms with Crippen LogP contribution >= 0.6 is 0 Å². The molecule has 0 radical (unpaired) electrons. The molecule has 9 heteroatoms. The molecule has 9 nitrogen and oxygen atoms in total. The fraction of sp³-hybridized carbons (Fsp3) is 0.500. The summed E-state index contributed by atoms with van der Waals surface area (Å²) in [6.07, 6.45) is 1.36. The van der Waals surface area contributed by atoms with Gasteiger partial charge in [0, 0.05) is 19.2 Å². The quantitative estimate of drug-likeness (QED) is 0.239. The van der Waals surface area contributed by atoms with E-state index in [4.69, 9.17) is 10.9 Å². The average molecular weight is 295 g/mol. The molecule has 0 amide bonds. The largest absolute Gasteiger partial charge is 0.409 e. The molecular formula is C12H17N5O4. The first-order valence-electron chi connectivity index (χ1n) is 6.49. The number of rotatable bonds is 3. The molecule has 2 atom stereocenters. The van der Waals surface area contributed by atoms with Crippen molar-refractivity contribution in [3.63, 3.8) is 0 Å². The number of nitrogens with two attached hydrogens (primary N) is 1. The van der Waals surface area contributed by atoms with Gasteiger partial charge in [-0.05, 0) is 12.3 Å². The molecule has 1 aromatic heterocycles. The van der Waals surface area contributed by atoms with Crippen LogP contribution in [0.4, 0.5) is 11.5 Å². The van der Waals surface area contributed by atoms with Crippen LogP contribution in [0.1, 0.15) is 18.9 Å². The average Bonchev–Trinajstić information content (AvgIpc) is 2.48. The Hall–Kier alpha value is -2.42. The number of amidine groups is 1. The van der Waals surface area contributed by atoms with Gasteiger partial charge in [-0.3, -0.25) is 10.1 Å². The first-order chi connectivity index (χ1) is 9.93. The highest BCUT2D eigenvalue weighted by Crippen LogP contribution is 2.27. The van der Waals surface area contributed by atoms with E-state index in [1.54, 1.807) is 4.90 Å². The minimum absolute atomic E-state index is 0.173. The minimum atomic E-state index is -0.599. The summed E-state index contributed by atoms with van der Waals surface area (Å²) in [5, 5.41) is 32.5. The summed E-state index contributed by atoms with van der Waals surface area (Å²) < 4.78 is 0. The van der Waals surface area contributed by atoms with Crippen LogP contribution in [0.25, 0.3) is 0 Å². The Morgan fingerprint density at radius 1 is 1.67 bits per heavy atom. The summed E-state index contributed by atoms with van der Waals surface area (Å²) in [6.45, 7) is 2.93. The molecule has 0 spiro atoms. The molecule has 0 saturated carbocycles. The first kappa shape index (κ1) is 15.0. The van der Waals surface area contributed by atoms with Crippen LogP contribution in [-0.4, -0.2) is 45.3 Å². The lowest BCUT2D eigenvalue weighted by molar-refractivity contribution is -0.385. The Morgan fingerprint density at radius 3 is 2.95 bits per heavy atom. The second kappa shape index (κ2) is 5.92. The third kappa shape index (κ3) is 3.02. The van der Waals surface area contributed by atoms with E-state index in [2.05, 4.69) is 10.1 Å². The van der Waals surface area contributed by atoms with Gasteiger partial charge in [-0.2, -0.15) is 0 Å². The molecule has 114 valence electrons. The number of pyridine rings is 1. The van der Waals surface area contributed by atoms with Crippen LogP contribution in [0.5, 0.6) is 0 Å². The zero-order chi connectivity index (χ0) is 15.6. The number of piperidine rings is 1. The van der Waals surface area contributed by atoms with Gasteiger partial charge < -0.3 is 20.9 Å². The maximum atomic E-state index is 10.8. The lowest BCUT2D eigenvalue weighted by atomic mass is 9.96. The van der Waals surface area contributed by atoms with Crippen molar-refractivity contribution in [2.24, 2.45) is 16.8 Å². The van der Waals surface area contributed by atoms with Gasteiger partial charge in [0.1, 0.15) is 12.0 Å². The van der Waals surface area contributed by atoms with Crippen molar-refractivity contribution in [3.8, 4) is 0 Å². The molecule has 4 N–H and O–H groups in total. The van der Waals surface area contributed by atoms with E-state index in [0.717, 1.165) is 12.6 Å². The van der Waals surface area contributed by atoms with E-state index in [9.17, 15) is 15.2 Å². The number of hydrogen-bond acceptors (Lipinski definition) is 7. The van der Waals surface area contributed by atoms with Gasteiger partial charge in [0.2, 0.25) is 0 Å². The Balaban J connectivity index is 2.41. The monoisotopic (exact) mass is 295 g/mol. The molecule has 0 aromatic carbocycles. The van der Waals surface area contributed by atoms with E-state index >= 15 is 0 Å². The molecule has 1 fully saturated rings. The van der Waals surface area contributed by atoms with Gasteiger partial charge in [0.05, 0.1) is 16.6 Å². The van der Waals surface area contributed by atoms with Crippen molar-refractivity contribution >= 4 is 17.3 Å². The maximum absolute atomic E-state index is 10.8. The van der Waals surface area contributed by atoms with Crippen LogP contribution in [0.2, 0.25) is 0 Å². The lowest BCUT2D eigenvalue weighted by Gasteiger charge is -2.35. The number of nitro groups is 1. The number of hydrogen-bond donors (Lipinski definition) is 3. The van der Waals surface area contributed by atoms with Crippen molar-refractivity contribution in [3.05, 3.63) is 27.9 Å². The second-order valence-corrected chi connectivity index (χ2v) is 5.09. The Morgan fingerprint density at radius 2 is 2.38 bits per heavy atom. The number of aliphatic hydroxyl groups excluding tert-OH is 1. The number of anilines is 1. The highest BCUT2D eigenvalue weighted by molar-refractivity contribution is 6.02. The lowest BCUT2D eigenvalue weighted by Crippen LogP contribution is -2.44. The molecule has 2 rings (SSSR count). The fourth-order valence-electron chi connectivity index (χ4n) is 2.28. The smallest absolute Gasteiger partial charge is 0.288 e. The molecule has 0 bridgehead atoms. The van der Waals surface area contributed by atoms with Crippen molar-refractivity contribution in [1.29, 1.82) is 0 Å². The third-order valence-corrected chi connectivity index (χ3v) is 3.66. The zero-order valence-electron chi connectivity index (χ0n) is 11.5. The summed E-state index contributed by atoms with van der Waals surface area (Å²) in [6, 6.07) is 1.21. The van der Waals surface area contributed by atoms with Crippen LogP contribution in [0, 0.1) is 16.0 Å². The Labute approximate surface area is 120 Å². The Kier molecular flexibility index (Phi) is 4.22. The molecule has 1 saturated heterocycles. The second-order valence-electron chi connectivity index (χ2n) is 5.09. The van der Waals surface area contributed by atoms with Crippen molar-refractivity contribution in [1.82, 2.24) is 4.98 Å². The summed E-state index contributed by atoms with van der Waals surface area (Å²) in [5.41, 5.74) is 5.51. The SMILES string of the molecule is CC1CCN(c2ncc([N+](=O)[O-])cc2C(N)=NO)CC1O. The molecule has 0 aliphatic carbocycles. The molecule has 21 heavy (non-hydrogen) atoms. The predicted octanol–water partition coefficient (Wildman–Crippen LogP) is 0.291. The maximum Gasteiger partial charge on any atom is 0.288 e. The van der Waals surface area contributed by atoms with Gasteiger partial charge in [-0.1, -0.05) is 12.1 Å². The van der Waals surface area contributed by atoms with Crippen molar-refractivity contribution in [2.45, 2.75) is 19.4 Å². The Bertz CT molecular complexity index is 577. The minimum Gasteiger partial charge on any atom is -0.409 e. The van der Waals surface area contributed by atoms with E-state index in [-0.39, 0.29) is 23.0 Å². The van der Waals surface area contributed by atoms with Crippen molar-refractivity contribution < 1.29 is 15.2 Å². The van der Waals surface area contributed by atoms with Crippen molar-refractivity contribution in [2.75, 3.05) is 18.0 Å². The van der Waals surface area contributed by atoms with Gasteiger partial charge in [-0.25, -0.2) is 4.98 Å². The molecule has 1 aromatic rings. The third-order valence-electron chi connectivity index (χ3n) is 3.66. The van der Waals surface area contributed by atoms with Crippen LogP contribution < -0.4 is 10.6 Å². The summed E-state index contributed by atoms with van der Waals surface area (Å²) in [7, 11) is 0. The number of β-amino-alcohol motifs (C(OH)–C–C–N with tert-alkyl or cyclic N) is 1. The number of oxime groups is 1. The number of nitrogens with zero attached hydrogens (tertiary/aromatic N) is 4. The summed E-state index contributed by atoms with van der Waals surface area (Å²) >= 11 is 0. The van der Waals surface area contributed by atoms with E-state index in [1.807, 2.05) is 6.92 Å². The highest BCUT2D eigenvalue weighted by Gasteiger charge is 2.28. The first-order valence-corrected chi connectivity index (χ1v) is 6.49. The van der Waals surface area contributed by atoms with Gasteiger partial charge in [0.25, 0.3) is 5.69 Å².